The fraction of sp³-hybridized carbons (Fsp3) is 0.550. The van der Waals surface area contributed by atoms with E-state index >= 15 is 0 Å². The predicted octanol–water partition coefficient (Wildman–Crippen LogP) is 3.09. The minimum atomic E-state index is -0.772. The van der Waals surface area contributed by atoms with Crippen molar-refractivity contribution < 1.29 is 14.7 Å². The summed E-state index contributed by atoms with van der Waals surface area (Å²) < 4.78 is 0. The molecule has 1 aromatic heterocycles. The Morgan fingerprint density at radius 1 is 1.31 bits per heavy atom. The van der Waals surface area contributed by atoms with E-state index in [1.54, 1.807) is 0 Å². The maximum atomic E-state index is 12.5. The number of H-pyrrole nitrogens is 1. The second-order valence-electron chi connectivity index (χ2n) is 7.75. The number of carbonyl (C=O) groups is 2. The van der Waals surface area contributed by atoms with Crippen molar-refractivity contribution in [2.24, 2.45) is 17.8 Å². The van der Waals surface area contributed by atoms with Crippen molar-refractivity contribution in [1.82, 2.24) is 14.9 Å². The number of carboxylic acid groups (broad SMARTS) is 1. The first kappa shape index (κ1) is 18.4. The van der Waals surface area contributed by atoms with Crippen LogP contribution in [0, 0.1) is 17.8 Å². The van der Waals surface area contributed by atoms with Gasteiger partial charge >= 0.3 is 5.97 Å². The highest BCUT2D eigenvalue weighted by atomic mass is 16.4. The lowest BCUT2D eigenvalue weighted by Crippen LogP contribution is -2.45. The second-order valence-corrected chi connectivity index (χ2v) is 7.75. The molecule has 0 radical (unpaired) electrons. The third-order valence-corrected chi connectivity index (χ3v) is 5.16. The number of nitrogens with zero attached hydrogens (tertiary/aromatic N) is 2. The molecular formula is C20H27N3O3. The standard InChI is InChI=1S/C20H27N3O3/c1-13(2)9-19(24)23-8-7-14(11-20(25)26)15(12-23)10-18-21-16-5-3-4-6-17(16)22-18/h3-6,13-15H,7-12H2,1-2H3,(H,21,22)(H,25,26). The first-order chi connectivity index (χ1) is 12.4. The van der Waals surface area contributed by atoms with Gasteiger partial charge in [0.25, 0.3) is 0 Å². The summed E-state index contributed by atoms with van der Waals surface area (Å²) in [5.74, 6) is 0.771. The Kier molecular flexibility index (Phi) is 5.59. The van der Waals surface area contributed by atoms with E-state index in [4.69, 9.17) is 0 Å². The molecule has 0 saturated carbocycles. The van der Waals surface area contributed by atoms with E-state index in [2.05, 4.69) is 9.97 Å². The molecule has 1 fully saturated rings. The largest absolute Gasteiger partial charge is 0.481 e. The summed E-state index contributed by atoms with van der Waals surface area (Å²) in [6.07, 6.45) is 2.09. The van der Waals surface area contributed by atoms with Gasteiger partial charge in [0.05, 0.1) is 11.0 Å². The lowest BCUT2D eigenvalue weighted by Gasteiger charge is -2.38. The number of aromatic nitrogens is 2. The summed E-state index contributed by atoms with van der Waals surface area (Å²) in [4.78, 5) is 33.6. The average molecular weight is 357 g/mol. The van der Waals surface area contributed by atoms with Crippen LogP contribution in [-0.2, 0) is 16.0 Å². The minimum absolute atomic E-state index is 0.0730. The molecule has 2 atom stereocenters. The van der Waals surface area contributed by atoms with Gasteiger partial charge in [0.15, 0.2) is 0 Å². The Morgan fingerprint density at radius 3 is 2.77 bits per heavy atom. The molecule has 26 heavy (non-hydrogen) atoms. The van der Waals surface area contributed by atoms with Crippen molar-refractivity contribution in [2.45, 2.75) is 39.5 Å². The summed E-state index contributed by atoms with van der Waals surface area (Å²) in [5, 5.41) is 9.25. The number of benzene rings is 1. The van der Waals surface area contributed by atoms with Crippen molar-refractivity contribution >= 4 is 22.9 Å². The number of piperidine rings is 1. The molecule has 3 rings (SSSR count). The maximum absolute atomic E-state index is 12.5. The van der Waals surface area contributed by atoms with Crippen LogP contribution in [0.4, 0.5) is 0 Å². The van der Waals surface area contributed by atoms with E-state index in [9.17, 15) is 14.7 Å². The number of aliphatic carboxylic acids is 1. The Bertz CT molecular complexity index is 750. The van der Waals surface area contributed by atoms with Crippen molar-refractivity contribution in [3.63, 3.8) is 0 Å². The quantitative estimate of drug-likeness (QED) is 0.832. The molecule has 2 unspecified atom stereocenters. The molecule has 1 amide bonds. The molecule has 6 nitrogen and oxygen atoms in total. The normalized spacial score (nSPS) is 20.7. The summed E-state index contributed by atoms with van der Waals surface area (Å²) in [6, 6.07) is 7.86. The molecule has 6 heteroatoms. The summed E-state index contributed by atoms with van der Waals surface area (Å²) >= 11 is 0. The van der Waals surface area contributed by atoms with Crippen molar-refractivity contribution in [1.29, 1.82) is 0 Å². The molecule has 2 N–H and O–H groups in total. The maximum Gasteiger partial charge on any atom is 0.303 e. The zero-order chi connectivity index (χ0) is 18.7. The summed E-state index contributed by atoms with van der Waals surface area (Å²) in [5.41, 5.74) is 1.90. The highest BCUT2D eigenvalue weighted by Crippen LogP contribution is 2.30. The van der Waals surface area contributed by atoms with Gasteiger partial charge in [0.2, 0.25) is 5.91 Å². The molecule has 0 spiro atoms. The SMILES string of the molecule is CC(C)CC(=O)N1CCC(CC(=O)O)C(Cc2nc3ccccc3[nH]2)C1. The van der Waals surface area contributed by atoms with Crippen LogP contribution in [0.15, 0.2) is 24.3 Å². The van der Waals surface area contributed by atoms with Crippen molar-refractivity contribution in [3.05, 3.63) is 30.1 Å². The van der Waals surface area contributed by atoms with Crippen LogP contribution in [0.25, 0.3) is 11.0 Å². The Hall–Kier alpha value is -2.37. The number of amides is 1. The van der Waals surface area contributed by atoms with Crippen molar-refractivity contribution in [3.8, 4) is 0 Å². The van der Waals surface area contributed by atoms with E-state index < -0.39 is 5.97 Å². The highest BCUT2D eigenvalue weighted by molar-refractivity contribution is 5.76. The average Bonchev–Trinajstić information content (AvgIpc) is 2.97. The van der Waals surface area contributed by atoms with E-state index in [-0.39, 0.29) is 24.2 Å². The number of nitrogens with one attached hydrogen (secondary N) is 1. The molecule has 2 heterocycles. The fourth-order valence-electron chi connectivity index (χ4n) is 3.86. The number of rotatable bonds is 6. The number of imidazole rings is 1. The molecule has 0 bridgehead atoms. The number of hydrogen-bond acceptors (Lipinski definition) is 3. The molecule has 140 valence electrons. The molecule has 1 aromatic carbocycles. The molecule has 1 saturated heterocycles. The summed E-state index contributed by atoms with van der Waals surface area (Å²) in [7, 11) is 0. The molecule has 1 aliphatic heterocycles. The number of hydrogen-bond donors (Lipinski definition) is 2. The Labute approximate surface area is 153 Å². The van der Waals surface area contributed by atoms with Crippen LogP contribution >= 0.6 is 0 Å². The molecule has 2 aromatic rings. The number of fused-ring (bicyclic) bond motifs is 1. The number of carbonyl (C=O) groups excluding carboxylic acids is 1. The first-order valence-corrected chi connectivity index (χ1v) is 9.35. The third kappa shape index (κ3) is 4.42. The third-order valence-electron chi connectivity index (χ3n) is 5.16. The van der Waals surface area contributed by atoms with Gasteiger partial charge < -0.3 is 15.0 Å². The van der Waals surface area contributed by atoms with Gasteiger partial charge in [-0.2, -0.15) is 0 Å². The van der Waals surface area contributed by atoms with Crippen LogP contribution < -0.4 is 0 Å². The fourth-order valence-corrected chi connectivity index (χ4v) is 3.86. The topological polar surface area (TPSA) is 86.3 Å². The Balaban J connectivity index is 1.75. The van der Waals surface area contributed by atoms with Gasteiger partial charge in [0, 0.05) is 32.4 Å². The number of carboxylic acids is 1. The lowest BCUT2D eigenvalue weighted by molar-refractivity contribution is -0.140. The van der Waals surface area contributed by atoms with E-state index in [1.807, 2.05) is 43.0 Å². The zero-order valence-corrected chi connectivity index (χ0v) is 15.4. The number of para-hydroxylation sites is 2. The zero-order valence-electron chi connectivity index (χ0n) is 15.4. The van der Waals surface area contributed by atoms with Gasteiger partial charge in [-0.15, -0.1) is 0 Å². The van der Waals surface area contributed by atoms with Gasteiger partial charge in [-0.3, -0.25) is 9.59 Å². The van der Waals surface area contributed by atoms with E-state index in [0.29, 0.717) is 31.8 Å². The second kappa shape index (κ2) is 7.89. The van der Waals surface area contributed by atoms with Gasteiger partial charge in [-0.1, -0.05) is 26.0 Å². The van der Waals surface area contributed by atoms with Crippen molar-refractivity contribution in [2.75, 3.05) is 13.1 Å². The smallest absolute Gasteiger partial charge is 0.303 e. The highest BCUT2D eigenvalue weighted by Gasteiger charge is 2.33. The number of likely N-dealkylation sites (tertiary alicyclic amines) is 1. The predicted molar refractivity (Wildman–Crippen MR) is 99.7 cm³/mol. The van der Waals surface area contributed by atoms with Gasteiger partial charge in [-0.25, -0.2) is 4.98 Å². The van der Waals surface area contributed by atoms with E-state index in [0.717, 1.165) is 23.3 Å². The minimum Gasteiger partial charge on any atom is -0.481 e. The van der Waals surface area contributed by atoms with Crippen LogP contribution in [0.2, 0.25) is 0 Å². The van der Waals surface area contributed by atoms with Gasteiger partial charge in [0.1, 0.15) is 5.82 Å². The first-order valence-electron chi connectivity index (χ1n) is 9.35. The van der Waals surface area contributed by atoms with E-state index in [1.165, 1.54) is 0 Å². The van der Waals surface area contributed by atoms with Crippen LogP contribution in [0.1, 0.15) is 38.9 Å². The molecule has 1 aliphatic rings. The molecular weight excluding hydrogens is 330 g/mol. The summed E-state index contributed by atoms with van der Waals surface area (Å²) in [6.45, 7) is 5.35. The van der Waals surface area contributed by atoms with Gasteiger partial charge in [-0.05, 0) is 36.3 Å². The lowest BCUT2D eigenvalue weighted by atomic mass is 9.81. The van der Waals surface area contributed by atoms with Crippen LogP contribution in [0.5, 0.6) is 0 Å². The molecule has 0 aliphatic carbocycles. The number of aromatic amines is 1. The van der Waals surface area contributed by atoms with Crippen LogP contribution in [0.3, 0.4) is 0 Å². The Morgan fingerprint density at radius 2 is 2.08 bits per heavy atom. The van der Waals surface area contributed by atoms with Crippen LogP contribution in [-0.4, -0.2) is 44.9 Å². The monoisotopic (exact) mass is 357 g/mol.